The van der Waals surface area contributed by atoms with E-state index >= 15 is 0 Å². The second-order valence-electron chi connectivity index (χ2n) is 6.91. The van der Waals surface area contributed by atoms with Gasteiger partial charge in [-0.15, -0.1) is 0 Å². The zero-order valence-corrected chi connectivity index (χ0v) is 15.9. The van der Waals surface area contributed by atoms with Crippen molar-refractivity contribution in [2.75, 3.05) is 7.11 Å². The van der Waals surface area contributed by atoms with Crippen molar-refractivity contribution in [3.63, 3.8) is 0 Å². The molecule has 0 atom stereocenters. The molecule has 5 nitrogen and oxygen atoms in total. The standard InChI is InChI=1S/C22H28N2O3/c1-26-16-19-7-3-2-6-18(19)15-24-22(25)23-14-17-10-12-21(13-11-17)27-20-8-4-5-9-20/h2-3,6-7,10-13,20H,4-5,8-9,14-16H2,1H3,(H2,23,24,25). The molecule has 5 heteroatoms. The third-order valence-corrected chi connectivity index (χ3v) is 4.84. The Labute approximate surface area is 161 Å². The van der Waals surface area contributed by atoms with Crippen LogP contribution in [0.5, 0.6) is 5.75 Å². The van der Waals surface area contributed by atoms with E-state index in [2.05, 4.69) is 10.6 Å². The van der Waals surface area contributed by atoms with E-state index in [1.807, 2.05) is 48.5 Å². The predicted octanol–water partition coefficient (Wildman–Crippen LogP) is 4.15. The lowest BCUT2D eigenvalue weighted by atomic mass is 10.1. The van der Waals surface area contributed by atoms with Crippen LogP contribution >= 0.6 is 0 Å². The quantitative estimate of drug-likeness (QED) is 0.736. The second kappa shape index (κ2) is 9.97. The summed E-state index contributed by atoms with van der Waals surface area (Å²) >= 11 is 0. The zero-order chi connectivity index (χ0) is 18.9. The van der Waals surface area contributed by atoms with Crippen molar-refractivity contribution in [3.8, 4) is 5.75 Å². The monoisotopic (exact) mass is 368 g/mol. The van der Waals surface area contributed by atoms with Gasteiger partial charge in [0.2, 0.25) is 0 Å². The van der Waals surface area contributed by atoms with Gasteiger partial charge in [0.15, 0.2) is 0 Å². The van der Waals surface area contributed by atoms with E-state index in [4.69, 9.17) is 9.47 Å². The Morgan fingerprint density at radius 1 is 0.963 bits per heavy atom. The molecule has 0 radical (unpaired) electrons. The number of nitrogens with one attached hydrogen (secondary N) is 2. The molecule has 0 saturated heterocycles. The van der Waals surface area contributed by atoms with Gasteiger partial charge in [0.05, 0.1) is 12.7 Å². The van der Waals surface area contributed by atoms with Gasteiger partial charge in [-0.2, -0.15) is 0 Å². The molecule has 0 bridgehead atoms. The third kappa shape index (κ3) is 6.00. The van der Waals surface area contributed by atoms with Crippen molar-refractivity contribution in [2.45, 2.75) is 51.5 Å². The Morgan fingerprint density at radius 2 is 1.63 bits per heavy atom. The van der Waals surface area contributed by atoms with Crippen LogP contribution in [0, 0.1) is 0 Å². The smallest absolute Gasteiger partial charge is 0.315 e. The second-order valence-corrected chi connectivity index (χ2v) is 6.91. The van der Waals surface area contributed by atoms with Gasteiger partial charge in [-0.05, 0) is 54.5 Å². The molecule has 2 aromatic carbocycles. The molecule has 1 fully saturated rings. The van der Waals surface area contributed by atoms with Crippen LogP contribution in [0.1, 0.15) is 42.4 Å². The Hall–Kier alpha value is -2.53. The summed E-state index contributed by atoms with van der Waals surface area (Å²) in [5.41, 5.74) is 3.18. The molecule has 0 aliphatic heterocycles. The lowest BCUT2D eigenvalue weighted by Gasteiger charge is -2.14. The van der Waals surface area contributed by atoms with E-state index in [-0.39, 0.29) is 6.03 Å². The van der Waals surface area contributed by atoms with Crippen molar-refractivity contribution in [2.24, 2.45) is 0 Å². The predicted molar refractivity (Wildman–Crippen MR) is 106 cm³/mol. The highest BCUT2D eigenvalue weighted by Crippen LogP contribution is 2.24. The summed E-state index contributed by atoms with van der Waals surface area (Å²) in [6.45, 7) is 1.49. The molecule has 0 spiro atoms. The number of amides is 2. The number of benzene rings is 2. The van der Waals surface area contributed by atoms with E-state index in [1.165, 1.54) is 12.8 Å². The summed E-state index contributed by atoms with van der Waals surface area (Å²) in [5, 5.41) is 5.79. The van der Waals surface area contributed by atoms with E-state index in [9.17, 15) is 4.79 Å². The molecule has 1 saturated carbocycles. The first-order chi connectivity index (χ1) is 13.2. The van der Waals surface area contributed by atoms with Gasteiger partial charge in [-0.25, -0.2) is 4.79 Å². The maximum absolute atomic E-state index is 12.1. The van der Waals surface area contributed by atoms with Crippen LogP contribution < -0.4 is 15.4 Å². The first kappa shape index (κ1) is 19.2. The highest BCUT2D eigenvalue weighted by atomic mass is 16.5. The van der Waals surface area contributed by atoms with Gasteiger partial charge in [0.1, 0.15) is 5.75 Å². The Bertz CT molecular complexity index is 725. The first-order valence-electron chi connectivity index (χ1n) is 9.57. The topological polar surface area (TPSA) is 59.6 Å². The van der Waals surface area contributed by atoms with Gasteiger partial charge < -0.3 is 20.1 Å². The van der Waals surface area contributed by atoms with Gasteiger partial charge in [0, 0.05) is 20.2 Å². The van der Waals surface area contributed by atoms with Gasteiger partial charge in [-0.3, -0.25) is 0 Å². The molecular weight excluding hydrogens is 340 g/mol. The molecule has 0 aromatic heterocycles. The lowest BCUT2D eigenvalue weighted by Crippen LogP contribution is -2.34. The summed E-state index contributed by atoms with van der Waals surface area (Å²) in [5.74, 6) is 0.907. The summed E-state index contributed by atoms with van der Waals surface area (Å²) in [4.78, 5) is 12.1. The Morgan fingerprint density at radius 3 is 2.33 bits per heavy atom. The molecule has 144 valence electrons. The van der Waals surface area contributed by atoms with Crippen LogP contribution in [-0.4, -0.2) is 19.2 Å². The van der Waals surface area contributed by atoms with Crippen molar-refractivity contribution in [3.05, 3.63) is 65.2 Å². The van der Waals surface area contributed by atoms with Gasteiger partial charge in [0.25, 0.3) is 0 Å². The number of urea groups is 1. The van der Waals surface area contributed by atoms with Crippen molar-refractivity contribution >= 4 is 6.03 Å². The largest absolute Gasteiger partial charge is 0.490 e. The minimum atomic E-state index is -0.187. The van der Waals surface area contributed by atoms with Crippen LogP contribution in [0.4, 0.5) is 4.79 Å². The summed E-state index contributed by atoms with van der Waals surface area (Å²) in [7, 11) is 1.67. The van der Waals surface area contributed by atoms with E-state index < -0.39 is 0 Å². The van der Waals surface area contributed by atoms with E-state index in [0.29, 0.717) is 25.8 Å². The maximum atomic E-state index is 12.1. The maximum Gasteiger partial charge on any atom is 0.315 e. The number of hydrogen-bond acceptors (Lipinski definition) is 3. The highest BCUT2D eigenvalue weighted by Gasteiger charge is 2.16. The summed E-state index contributed by atoms with van der Waals surface area (Å²) in [6, 6.07) is 15.7. The molecular formula is C22H28N2O3. The fourth-order valence-electron chi connectivity index (χ4n) is 3.33. The fraction of sp³-hybridized carbons (Fsp3) is 0.409. The Kier molecular flexibility index (Phi) is 7.11. The SMILES string of the molecule is COCc1ccccc1CNC(=O)NCc1ccc(OC2CCCC2)cc1. The molecule has 1 aliphatic carbocycles. The van der Waals surface area contributed by atoms with Crippen LogP contribution in [0.2, 0.25) is 0 Å². The van der Waals surface area contributed by atoms with Gasteiger partial charge in [-0.1, -0.05) is 36.4 Å². The van der Waals surface area contributed by atoms with E-state index in [1.54, 1.807) is 7.11 Å². The molecule has 27 heavy (non-hydrogen) atoms. The Balaban J connectivity index is 1.42. The third-order valence-electron chi connectivity index (χ3n) is 4.84. The van der Waals surface area contributed by atoms with Crippen molar-refractivity contribution in [1.82, 2.24) is 10.6 Å². The normalized spacial score (nSPS) is 14.1. The molecule has 1 aliphatic rings. The van der Waals surface area contributed by atoms with Crippen molar-refractivity contribution < 1.29 is 14.3 Å². The zero-order valence-electron chi connectivity index (χ0n) is 15.9. The minimum Gasteiger partial charge on any atom is -0.490 e. The minimum absolute atomic E-state index is 0.187. The molecule has 2 aromatic rings. The highest BCUT2D eigenvalue weighted by molar-refractivity contribution is 5.73. The van der Waals surface area contributed by atoms with E-state index in [0.717, 1.165) is 35.3 Å². The fourth-order valence-corrected chi connectivity index (χ4v) is 3.33. The number of carbonyl (C=O) groups excluding carboxylic acids is 1. The number of rotatable bonds is 8. The van der Waals surface area contributed by atoms with Crippen molar-refractivity contribution in [1.29, 1.82) is 0 Å². The lowest BCUT2D eigenvalue weighted by molar-refractivity contribution is 0.184. The number of ether oxygens (including phenoxy) is 2. The summed E-state index contributed by atoms with van der Waals surface area (Å²) in [6.07, 6.45) is 5.18. The van der Waals surface area contributed by atoms with Crippen LogP contribution in [0.25, 0.3) is 0 Å². The number of hydrogen-bond donors (Lipinski definition) is 2. The molecule has 0 unspecified atom stereocenters. The molecule has 2 amide bonds. The molecule has 0 heterocycles. The number of carbonyl (C=O) groups is 1. The van der Waals surface area contributed by atoms with Crippen LogP contribution in [0.15, 0.2) is 48.5 Å². The molecule has 2 N–H and O–H groups in total. The molecule has 3 rings (SSSR count). The van der Waals surface area contributed by atoms with Crippen LogP contribution in [-0.2, 0) is 24.4 Å². The average Bonchev–Trinajstić information content (AvgIpc) is 3.20. The van der Waals surface area contributed by atoms with Gasteiger partial charge >= 0.3 is 6.03 Å². The number of methoxy groups -OCH3 is 1. The first-order valence-corrected chi connectivity index (χ1v) is 9.57. The average molecular weight is 368 g/mol. The summed E-state index contributed by atoms with van der Waals surface area (Å²) < 4.78 is 11.2. The van der Waals surface area contributed by atoms with Crippen LogP contribution in [0.3, 0.4) is 0 Å².